The number of rotatable bonds is 5. The molecular formula is C17H16BrNO4. The topological polar surface area (TPSA) is 75.6 Å². The molecule has 0 spiro atoms. The van der Waals surface area contributed by atoms with Crippen LogP contribution in [0.3, 0.4) is 0 Å². The van der Waals surface area contributed by atoms with E-state index in [0.29, 0.717) is 33.6 Å². The Morgan fingerprint density at radius 3 is 2.43 bits per heavy atom. The smallest absolute Gasteiger partial charge is 0.335 e. The fourth-order valence-corrected chi connectivity index (χ4v) is 2.54. The Morgan fingerprint density at radius 2 is 1.87 bits per heavy atom. The summed E-state index contributed by atoms with van der Waals surface area (Å²) in [6.07, 6.45) is 0. The average molecular weight is 378 g/mol. The Bertz CT molecular complexity index is 758. The van der Waals surface area contributed by atoms with Gasteiger partial charge < -0.3 is 15.2 Å². The van der Waals surface area contributed by atoms with Gasteiger partial charge in [-0.3, -0.25) is 4.79 Å². The molecule has 0 saturated heterocycles. The standard InChI is InChI=1S/C17H16BrNO4/c1-3-23-15-7-5-11(9-13(15)18)16(20)19-14-6-4-12(17(21)22)8-10(14)2/h4-9H,3H2,1-2H3,(H,19,20)(H,21,22). The second-order valence-electron chi connectivity index (χ2n) is 4.87. The van der Waals surface area contributed by atoms with Crippen LogP contribution in [0.1, 0.15) is 33.2 Å². The van der Waals surface area contributed by atoms with Gasteiger partial charge in [-0.15, -0.1) is 0 Å². The highest BCUT2D eigenvalue weighted by atomic mass is 79.9. The van der Waals surface area contributed by atoms with E-state index in [0.717, 1.165) is 0 Å². The number of aryl methyl sites for hydroxylation is 1. The number of aromatic carboxylic acids is 1. The van der Waals surface area contributed by atoms with Crippen LogP contribution in [0.4, 0.5) is 5.69 Å². The summed E-state index contributed by atoms with van der Waals surface area (Å²) in [5.74, 6) is -0.604. The van der Waals surface area contributed by atoms with Crippen molar-refractivity contribution in [1.29, 1.82) is 0 Å². The molecule has 0 fully saturated rings. The van der Waals surface area contributed by atoms with Gasteiger partial charge in [-0.25, -0.2) is 4.79 Å². The third kappa shape index (κ3) is 4.10. The zero-order valence-corrected chi connectivity index (χ0v) is 14.3. The second kappa shape index (κ2) is 7.28. The number of amides is 1. The Labute approximate surface area is 142 Å². The number of anilines is 1. The highest BCUT2D eigenvalue weighted by Gasteiger charge is 2.12. The summed E-state index contributed by atoms with van der Waals surface area (Å²) in [7, 11) is 0. The minimum absolute atomic E-state index is 0.185. The molecule has 0 bridgehead atoms. The lowest BCUT2D eigenvalue weighted by Gasteiger charge is -2.11. The predicted molar refractivity (Wildman–Crippen MR) is 91.4 cm³/mol. The largest absolute Gasteiger partial charge is 0.493 e. The summed E-state index contributed by atoms with van der Waals surface area (Å²) >= 11 is 3.37. The van der Waals surface area contributed by atoms with E-state index in [1.54, 1.807) is 31.2 Å². The van der Waals surface area contributed by atoms with Crippen molar-refractivity contribution in [2.45, 2.75) is 13.8 Å². The summed E-state index contributed by atoms with van der Waals surface area (Å²) < 4.78 is 6.11. The second-order valence-corrected chi connectivity index (χ2v) is 5.72. The minimum atomic E-state index is -0.999. The lowest BCUT2D eigenvalue weighted by atomic mass is 10.1. The average Bonchev–Trinajstić information content (AvgIpc) is 2.51. The molecule has 0 aliphatic rings. The third-order valence-corrected chi connectivity index (χ3v) is 3.84. The molecule has 2 N–H and O–H groups in total. The van der Waals surface area contributed by atoms with E-state index in [2.05, 4.69) is 21.2 Å². The van der Waals surface area contributed by atoms with Gasteiger partial charge in [-0.1, -0.05) is 0 Å². The molecule has 0 radical (unpaired) electrons. The zero-order valence-electron chi connectivity index (χ0n) is 12.7. The van der Waals surface area contributed by atoms with Crippen LogP contribution in [0.25, 0.3) is 0 Å². The highest BCUT2D eigenvalue weighted by molar-refractivity contribution is 9.10. The quantitative estimate of drug-likeness (QED) is 0.821. The van der Waals surface area contributed by atoms with Crippen molar-refractivity contribution >= 4 is 33.5 Å². The molecule has 2 rings (SSSR count). The van der Waals surface area contributed by atoms with Gasteiger partial charge in [0.1, 0.15) is 5.75 Å². The van der Waals surface area contributed by atoms with Crippen LogP contribution >= 0.6 is 15.9 Å². The molecule has 2 aromatic rings. The lowest BCUT2D eigenvalue weighted by molar-refractivity contribution is 0.0696. The molecule has 0 heterocycles. The first-order valence-corrected chi connectivity index (χ1v) is 7.79. The van der Waals surface area contributed by atoms with Crippen LogP contribution in [-0.2, 0) is 0 Å². The molecule has 0 saturated carbocycles. The molecule has 0 aromatic heterocycles. The number of nitrogens with one attached hydrogen (secondary N) is 1. The van der Waals surface area contributed by atoms with E-state index in [1.165, 1.54) is 12.1 Å². The maximum Gasteiger partial charge on any atom is 0.335 e. The molecule has 0 atom stereocenters. The molecular weight excluding hydrogens is 362 g/mol. The number of carboxylic acid groups (broad SMARTS) is 1. The van der Waals surface area contributed by atoms with Crippen LogP contribution in [-0.4, -0.2) is 23.6 Å². The molecule has 120 valence electrons. The van der Waals surface area contributed by atoms with Crippen molar-refractivity contribution < 1.29 is 19.4 Å². The van der Waals surface area contributed by atoms with Gasteiger partial charge in [0, 0.05) is 11.3 Å². The number of carbonyl (C=O) groups is 2. The number of benzene rings is 2. The number of ether oxygens (including phenoxy) is 1. The van der Waals surface area contributed by atoms with E-state index in [1.807, 2.05) is 6.92 Å². The van der Waals surface area contributed by atoms with Crippen molar-refractivity contribution in [3.63, 3.8) is 0 Å². The summed E-state index contributed by atoms with van der Waals surface area (Å²) in [5, 5.41) is 11.7. The minimum Gasteiger partial charge on any atom is -0.493 e. The molecule has 23 heavy (non-hydrogen) atoms. The van der Waals surface area contributed by atoms with Gasteiger partial charge in [0.25, 0.3) is 5.91 Å². The summed E-state index contributed by atoms with van der Waals surface area (Å²) in [6, 6.07) is 9.64. The van der Waals surface area contributed by atoms with Crippen molar-refractivity contribution in [2.24, 2.45) is 0 Å². The summed E-state index contributed by atoms with van der Waals surface area (Å²) in [4.78, 5) is 23.2. The fraction of sp³-hybridized carbons (Fsp3) is 0.176. The highest BCUT2D eigenvalue weighted by Crippen LogP contribution is 2.26. The third-order valence-electron chi connectivity index (χ3n) is 3.22. The van der Waals surface area contributed by atoms with Crippen molar-refractivity contribution in [3.05, 3.63) is 57.6 Å². The van der Waals surface area contributed by atoms with Crippen LogP contribution in [0, 0.1) is 6.92 Å². The Kier molecular flexibility index (Phi) is 5.39. The van der Waals surface area contributed by atoms with Gasteiger partial charge in [0.2, 0.25) is 0 Å². The molecule has 0 aliphatic carbocycles. The monoisotopic (exact) mass is 377 g/mol. The number of hydrogen-bond acceptors (Lipinski definition) is 3. The van der Waals surface area contributed by atoms with Crippen LogP contribution < -0.4 is 10.1 Å². The molecule has 0 aliphatic heterocycles. The SMILES string of the molecule is CCOc1ccc(C(=O)Nc2ccc(C(=O)O)cc2C)cc1Br. The van der Waals surface area contributed by atoms with Crippen molar-refractivity contribution in [2.75, 3.05) is 11.9 Å². The normalized spacial score (nSPS) is 10.2. The number of carbonyl (C=O) groups excluding carboxylic acids is 1. The van der Waals surface area contributed by atoms with Crippen molar-refractivity contribution in [3.8, 4) is 5.75 Å². The van der Waals surface area contributed by atoms with Crippen LogP contribution in [0.5, 0.6) is 5.75 Å². The number of hydrogen-bond donors (Lipinski definition) is 2. The van der Waals surface area contributed by atoms with E-state index >= 15 is 0 Å². The number of halogens is 1. The van der Waals surface area contributed by atoms with E-state index in [-0.39, 0.29) is 11.5 Å². The Hall–Kier alpha value is -2.34. The summed E-state index contributed by atoms with van der Waals surface area (Å²) in [5.41, 5.74) is 1.92. The van der Waals surface area contributed by atoms with Crippen LogP contribution in [0.2, 0.25) is 0 Å². The first-order valence-electron chi connectivity index (χ1n) is 7.00. The molecule has 5 nitrogen and oxygen atoms in total. The van der Waals surface area contributed by atoms with Gasteiger partial charge >= 0.3 is 5.97 Å². The zero-order chi connectivity index (χ0) is 17.0. The first-order chi connectivity index (χ1) is 10.9. The van der Waals surface area contributed by atoms with Gasteiger partial charge in [-0.05, 0) is 71.7 Å². The maximum absolute atomic E-state index is 12.3. The lowest BCUT2D eigenvalue weighted by Crippen LogP contribution is -2.13. The number of carboxylic acids is 1. The van der Waals surface area contributed by atoms with Crippen molar-refractivity contribution in [1.82, 2.24) is 0 Å². The van der Waals surface area contributed by atoms with E-state index in [4.69, 9.17) is 9.84 Å². The van der Waals surface area contributed by atoms with Crippen LogP contribution in [0.15, 0.2) is 40.9 Å². The molecule has 6 heteroatoms. The molecule has 2 aromatic carbocycles. The first kappa shape index (κ1) is 17.0. The maximum atomic E-state index is 12.3. The Morgan fingerprint density at radius 1 is 1.17 bits per heavy atom. The molecule has 1 amide bonds. The van der Waals surface area contributed by atoms with Gasteiger partial charge in [-0.2, -0.15) is 0 Å². The summed E-state index contributed by atoms with van der Waals surface area (Å²) in [6.45, 7) is 4.17. The van der Waals surface area contributed by atoms with E-state index < -0.39 is 5.97 Å². The molecule has 0 unspecified atom stereocenters. The van der Waals surface area contributed by atoms with E-state index in [9.17, 15) is 9.59 Å². The predicted octanol–water partition coefficient (Wildman–Crippen LogP) is 4.11. The van der Waals surface area contributed by atoms with Gasteiger partial charge in [0.15, 0.2) is 0 Å². The fourth-order valence-electron chi connectivity index (χ4n) is 2.05. The Balaban J connectivity index is 2.19. The van der Waals surface area contributed by atoms with Gasteiger partial charge in [0.05, 0.1) is 16.6 Å².